The van der Waals surface area contributed by atoms with Crippen LogP contribution in [0.3, 0.4) is 0 Å². The number of aryl methyl sites for hydroxylation is 2. The first kappa shape index (κ1) is 21.7. The number of anilines is 1. The summed E-state index contributed by atoms with van der Waals surface area (Å²) in [5, 5.41) is 5.99. The fraction of sp³-hybridized carbons (Fsp3) is 0.417. The predicted octanol–water partition coefficient (Wildman–Crippen LogP) is 4.26. The lowest BCUT2D eigenvalue weighted by Crippen LogP contribution is -2.52. The van der Waals surface area contributed by atoms with Crippen LogP contribution in [0.1, 0.15) is 36.5 Å². The number of amides is 3. The molecule has 3 rings (SSSR count). The molecule has 0 aromatic heterocycles. The first-order valence-corrected chi connectivity index (χ1v) is 10.4. The normalized spacial score (nSPS) is 18.6. The minimum Gasteiger partial charge on any atom is -0.495 e. The molecule has 6 nitrogen and oxygen atoms in total. The molecule has 6 heteroatoms. The minimum absolute atomic E-state index is 0.0197. The van der Waals surface area contributed by atoms with E-state index >= 15 is 0 Å². The smallest absolute Gasteiger partial charge is 0.321 e. The van der Waals surface area contributed by atoms with Crippen molar-refractivity contribution in [3.05, 3.63) is 59.2 Å². The van der Waals surface area contributed by atoms with Gasteiger partial charge < -0.3 is 20.3 Å². The minimum atomic E-state index is -0.614. The number of carbonyl (C=O) groups excluding carboxylic acids is 2. The Morgan fingerprint density at radius 1 is 1.10 bits per heavy atom. The number of hydrogen-bond donors (Lipinski definition) is 2. The van der Waals surface area contributed by atoms with Crippen LogP contribution in [-0.4, -0.2) is 37.0 Å². The van der Waals surface area contributed by atoms with Crippen molar-refractivity contribution < 1.29 is 14.3 Å². The zero-order valence-electron chi connectivity index (χ0n) is 18.2. The third-order valence-electron chi connectivity index (χ3n) is 5.70. The number of nitrogens with zero attached hydrogens (tertiary/aromatic N) is 1. The fourth-order valence-electron chi connectivity index (χ4n) is 3.81. The lowest BCUT2D eigenvalue weighted by Gasteiger charge is -2.39. The Bertz CT molecular complexity index is 910. The molecule has 1 heterocycles. The maximum Gasteiger partial charge on any atom is 0.321 e. The van der Waals surface area contributed by atoms with Gasteiger partial charge in [0.15, 0.2) is 0 Å². The van der Waals surface area contributed by atoms with E-state index in [1.165, 1.54) is 5.56 Å². The van der Waals surface area contributed by atoms with E-state index in [0.717, 1.165) is 24.0 Å². The topological polar surface area (TPSA) is 70.7 Å². The van der Waals surface area contributed by atoms with E-state index in [1.807, 2.05) is 63.2 Å². The molecule has 160 valence electrons. The van der Waals surface area contributed by atoms with Gasteiger partial charge in [0, 0.05) is 19.6 Å². The maximum atomic E-state index is 12.9. The van der Waals surface area contributed by atoms with Crippen molar-refractivity contribution >= 4 is 17.6 Å². The van der Waals surface area contributed by atoms with Crippen molar-refractivity contribution in [3.63, 3.8) is 0 Å². The van der Waals surface area contributed by atoms with Gasteiger partial charge in [-0.3, -0.25) is 4.79 Å². The highest BCUT2D eigenvalue weighted by molar-refractivity contribution is 5.92. The predicted molar refractivity (Wildman–Crippen MR) is 119 cm³/mol. The molecule has 0 aliphatic carbocycles. The summed E-state index contributed by atoms with van der Waals surface area (Å²) in [7, 11) is 1.58. The maximum absolute atomic E-state index is 12.9. The molecule has 2 N–H and O–H groups in total. The van der Waals surface area contributed by atoms with Crippen molar-refractivity contribution in [3.8, 4) is 5.75 Å². The molecular weight excluding hydrogens is 378 g/mol. The van der Waals surface area contributed by atoms with Crippen LogP contribution in [0, 0.1) is 19.3 Å². The van der Waals surface area contributed by atoms with Crippen molar-refractivity contribution in [2.24, 2.45) is 5.41 Å². The summed E-state index contributed by atoms with van der Waals surface area (Å²) in [6, 6.07) is 13.6. The third-order valence-corrected chi connectivity index (χ3v) is 5.70. The largest absolute Gasteiger partial charge is 0.495 e. The molecule has 1 aliphatic rings. The zero-order chi connectivity index (χ0) is 21.7. The van der Waals surface area contributed by atoms with Crippen LogP contribution in [-0.2, 0) is 11.3 Å². The lowest BCUT2D eigenvalue weighted by molar-refractivity contribution is -0.132. The summed E-state index contributed by atoms with van der Waals surface area (Å²) in [5.74, 6) is 0.596. The molecule has 30 heavy (non-hydrogen) atoms. The average Bonchev–Trinajstić information content (AvgIpc) is 2.73. The number of likely N-dealkylation sites (tertiary alicyclic amines) is 1. The van der Waals surface area contributed by atoms with Crippen molar-refractivity contribution in [2.75, 3.05) is 25.5 Å². The second kappa shape index (κ2) is 9.20. The lowest BCUT2D eigenvalue weighted by atomic mass is 9.81. The Morgan fingerprint density at radius 2 is 1.80 bits per heavy atom. The molecule has 2 aromatic carbocycles. The van der Waals surface area contributed by atoms with Crippen molar-refractivity contribution in [2.45, 2.75) is 40.2 Å². The summed E-state index contributed by atoms with van der Waals surface area (Å²) >= 11 is 0. The zero-order valence-corrected chi connectivity index (χ0v) is 18.2. The Labute approximate surface area is 178 Å². The van der Waals surface area contributed by atoms with E-state index in [4.69, 9.17) is 4.74 Å². The van der Waals surface area contributed by atoms with Crippen molar-refractivity contribution in [1.29, 1.82) is 0 Å². The van der Waals surface area contributed by atoms with Crippen LogP contribution in [0.5, 0.6) is 5.75 Å². The van der Waals surface area contributed by atoms with Gasteiger partial charge in [0.05, 0.1) is 18.2 Å². The van der Waals surface area contributed by atoms with Gasteiger partial charge in [-0.1, -0.05) is 35.9 Å². The van der Waals surface area contributed by atoms with Crippen LogP contribution in [0.25, 0.3) is 0 Å². The molecule has 3 amide bonds. The van der Waals surface area contributed by atoms with Gasteiger partial charge in [-0.25, -0.2) is 4.79 Å². The third kappa shape index (κ3) is 5.12. The van der Waals surface area contributed by atoms with E-state index in [0.29, 0.717) is 31.1 Å². The number of rotatable bonds is 5. The highest BCUT2D eigenvalue weighted by Gasteiger charge is 2.39. The van der Waals surface area contributed by atoms with E-state index in [-0.39, 0.29) is 11.9 Å². The Kier molecular flexibility index (Phi) is 6.65. The molecule has 1 saturated heterocycles. The number of methoxy groups -OCH3 is 1. The standard InChI is InChI=1S/C24H31N3O3/c1-17-6-9-19(10-7-17)15-25-22(28)24(3)12-5-13-27(16-24)23(29)26-20-14-18(2)8-11-21(20)30-4/h6-11,14H,5,12-13,15-16H2,1-4H3,(H,25,28)(H,26,29)/t24-/m1/s1. The van der Waals surface area contributed by atoms with Crippen LogP contribution in [0.2, 0.25) is 0 Å². The van der Waals surface area contributed by atoms with Crippen LogP contribution >= 0.6 is 0 Å². The Hall–Kier alpha value is -3.02. The number of hydrogen-bond acceptors (Lipinski definition) is 3. The van der Waals surface area contributed by atoms with E-state index in [2.05, 4.69) is 10.6 Å². The van der Waals surface area contributed by atoms with Crippen molar-refractivity contribution in [1.82, 2.24) is 10.2 Å². The highest BCUT2D eigenvalue weighted by Crippen LogP contribution is 2.31. The number of piperidine rings is 1. The van der Waals surface area contributed by atoms with Gasteiger partial charge in [0.25, 0.3) is 0 Å². The number of nitrogens with one attached hydrogen (secondary N) is 2. The second-order valence-electron chi connectivity index (χ2n) is 8.39. The number of benzene rings is 2. The van der Waals surface area contributed by atoms with Gasteiger partial charge in [0.2, 0.25) is 5.91 Å². The summed E-state index contributed by atoms with van der Waals surface area (Å²) in [4.78, 5) is 27.6. The summed E-state index contributed by atoms with van der Waals surface area (Å²) < 4.78 is 5.35. The quantitative estimate of drug-likeness (QED) is 0.775. The molecule has 1 atom stereocenters. The molecule has 0 radical (unpaired) electrons. The van der Waals surface area contributed by atoms with E-state index in [1.54, 1.807) is 12.0 Å². The first-order valence-electron chi connectivity index (χ1n) is 10.4. The fourth-order valence-corrected chi connectivity index (χ4v) is 3.81. The summed E-state index contributed by atoms with van der Waals surface area (Å²) in [6.07, 6.45) is 1.54. The van der Waals surface area contributed by atoms with Gasteiger partial charge in [0.1, 0.15) is 5.75 Å². The average molecular weight is 410 g/mol. The molecule has 0 unspecified atom stereocenters. The second-order valence-corrected chi connectivity index (χ2v) is 8.39. The SMILES string of the molecule is COc1ccc(C)cc1NC(=O)N1CCC[C@@](C)(C(=O)NCc2ccc(C)cc2)C1. The number of carbonyl (C=O) groups is 2. The molecule has 0 spiro atoms. The molecule has 1 aliphatic heterocycles. The monoisotopic (exact) mass is 409 g/mol. The Morgan fingerprint density at radius 3 is 2.50 bits per heavy atom. The van der Waals surface area contributed by atoms with Gasteiger partial charge in [-0.2, -0.15) is 0 Å². The van der Waals surface area contributed by atoms with E-state index in [9.17, 15) is 9.59 Å². The number of urea groups is 1. The Balaban J connectivity index is 1.63. The molecule has 1 fully saturated rings. The van der Waals surface area contributed by atoms with Gasteiger partial charge in [-0.05, 0) is 56.9 Å². The van der Waals surface area contributed by atoms with Crippen LogP contribution < -0.4 is 15.4 Å². The van der Waals surface area contributed by atoms with Gasteiger partial charge in [-0.15, -0.1) is 0 Å². The summed E-state index contributed by atoms with van der Waals surface area (Å²) in [6.45, 7) is 7.43. The molecule has 0 bridgehead atoms. The number of ether oxygens (including phenoxy) is 1. The first-order chi connectivity index (χ1) is 14.3. The molecule has 0 saturated carbocycles. The molecule has 2 aromatic rings. The van der Waals surface area contributed by atoms with E-state index < -0.39 is 5.41 Å². The van der Waals surface area contributed by atoms with Crippen LogP contribution in [0.4, 0.5) is 10.5 Å². The summed E-state index contributed by atoms with van der Waals surface area (Å²) in [5.41, 5.74) is 3.31. The molecular formula is C24H31N3O3. The highest BCUT2D eigenvalue weighted by atomic mass is 16.5. The van der Waals surface area contributed by atoms with Crippen LogP contribution in [0.15, 0.2) is 42.5 Å². The van der Waals surface area contributed by atoms with Gasteiger partial charge >= 0.3 is 6.03 Å².